The van der Waals surface area contributed by atoms with Crippen LogP contribution in [0.4, 0.5) is 0 Å². The van der Waals surface area contributed by atoms with Gasteiger partial charge in [-0.15, -0.1) is 0 Å². The molecule has 3 heteroatoms. The molecule has 88 valence electrons. The zero-order chi connectivity index (χ0) is 11.6. The summed E-state index contributed by atoms with van der Waals surface area (Å²) in [5.41, 5.74) is 1.80. The lowest BCUT2D eigenvalue weighted by molar-refractivity contribution is 0.338. The molecule has 1 aliphatic carbocycles. The summed E-state index contributed by atoms with van der Waals surface area (Å²) in [7, 11) is 0. The third-order valence-electron chi connectivity index (χ3n) is 3.77. The number of hydrogen-bond acceptors (Lipinski definition) is 2. The van der Waals surface area contributed by atoms with Crippen LogP contribution in [0.2, 0.25) is 0 Å². The fraction of sp³-hybridized carbons (Fsp3) is 0.615. The van der Waals surface area contributed by atoms with E-state index in [-0.39, 0.29) is 0 Å². The Hall–Kier alpha value is -1.09. The number of nitrogens with zero attached hydrogens (tertiary/aromatic N) is 2. The zero-order valence-electron chi connectivity index (χ0n) is 10.2. The van der Waals surface area contributed by atoms with E-state index in [0.717, 1.165) is 19.0 Å². The second-order valence-corrected chi connectivity index (χ2v) is 5.13. The summed E-state index contributed by atoms with van der Waals surface area (Å²) in [4.78, 5) is 0. The third-order valence-corrected chi connectivity index (χ3v) is 3.77. The van der Waals surface area contributed by atoms with Crippen LogP contribution in [-0.4, -0.2) is 16.3 Å². The normalized spacial score (nSPS) is 17.7. The van der Waals surface area contributed by atoms with Crippen molar-refractivity contribution in [1.29, 1.82) is 0 Å². The lowest BCUT2D eigenvalue weighted by atomic mass is 9.92. The lowest BCUT2D eigenvalue weighted by Crippen LogP contribution is -2.27. The molecular weight excluding hydrogens is 198 g/mol. The molecule has 0 amide bonds. The van der Waals surface area contributed by atoms with Crippen molar-refractivity contribution in [2.45, 2.75) is 33.2 Å². The van der Waals surface area contributed by atoms with Crippen LogP contribution in [0.1, 0.15) is 32.3 Å². The molecule has 0 radical (unpaired) electrons. The summed E-state index contributed by atoms with van der Waals surface area (Å²) in [6, 6.07) is 0. The highest BCUT2D eigenvalue weighted by Crippen LogP contribution is 2.51. The molecule has 0 spiro atoms. The molecule has 16 heavy (non-hydrogen) atoms. The second-order valence-electron chi connectivity index (χ2n) is 5.13. The summed E-state index contributed by atoms with van der Waals surface area (Å²) in [5, 5.41) is 7.69. The zero-order valence-corrected chi connectivity index (χ0v) is 10.2. The second kappa shape index (κ2) is 4.42. The summed E-state index contributed by atoms with van der Waals surface area (Å²) in [5.74, 6) is 0.788. The van der Waals surface area contributed by atoms with Crippen molar-refractivity contribution in [3.05, 3.63) is 24.5 Å². The van der Waals surface area contributed by atoms with Crippen LogP contribution in [0.25, 0.3) is 6.20 Å². The quantitative estimate of drug-likeness (QED) is 0.796. The van der Waals surface area contributed by atoms with Gasteiger partial charge >= 0.3 is 0 Å². The molecule has 0 atom stereocenters. The van der Waals surface area contributed by atoms with Gasteiger partial charge in [0.2, 0.25) is 0 Å². The maximum Gasteiger partial charge on any atom is 0.0538 e. The third kappa shape index (κ3) is 2.35. The first-order valence-electron chi connectivity index (χ1n) is 6.02. The van der Waals surface area contributed by atoms with Gasteiger partial charge in [-0.2, -0.15) is 5.10 Å². The van der Waals surface area contributed by atoms with Crippen molar-refractivity contribution in [3.63, 3.8) is 0 Å². The maximum absolute atomic E-state index is 4.16. The predicted octanol–water partition coefficient (Wildman–Crippen LogP) is 2.51. The molecule has 1 aromatic heterocycles. The fourth-order valence-electron chi connectivity index (χ4n) is 2.14. The lowest BCUT2D eigenvalue weighted by Gasteiger charge is -2.19. The molecule has 1 heterocycles. The standard InChI is InChI=1S/C13H21N3/c1-4-16-9-12(8-15-16)7-14-10-13(5-6-13)11(2)3/h4,8-9,11,14H,1,5-7,10H2,2-3H3. The summed E-state index contributed by atoms with van der Waals surface area (Å²) in [6.45, 7) is 10.4. The first-order chi connectivity index (χ1) is 7.66. The monoisotopic (exact) mass is 219 g/mol. The maximum atomic E-state index is 4.16. The summed E-state index contributed by atoms with van der Waals surface area (Å²) >= 11 is 0. The fourth-order valence-corrected chi connectivity index (χ4v) is 2.14. The smallest absolute Gasteiger partial charge is 0.0538 e. The van der Waals surface area contributed by atoms with Crippen molar-refractivity contribution in [1.82, 2.24) is 15.1 Å². The number of hydrogen-bond donors (Lipinski definition) is 1. The molecule has 1 N–H and O–H groups in total. The molecule has 1 aliphatic rings. The Morgan fingerprint density at radius 1 is 1.62 bits per heavy atom. The van der Waals surface area contributed by atoms with Gasteiger partial charge in [0.15, 0.2) is 0 Å². The molecule has 0 aromatic carbocycles. The average Bonchev–Trinajstić information content (AvgIpc) is 2.91. The minimum Gasteiger partial charge on any atom is -0.312 e. The molecule has 1 saturated carbocycles. The molecule has 1 fully saturated rings. The molecule has 0 bridgehead atoms. The number of nitrogens with one attached hydrogen (secondary N) is 1. The summed E-state index contributed by atoms with van der Waals surface area (Å²) in [6.07, 6.45) is 8.37. The molecule has 2 rings (SSSR count). The Morgan fingerprint density at radius 3 is 2.88 bits per heavy atom. The number of rotatable bonds is 6. The van der Waals surface area contributed by atoms with Gasteiger partial charge in [-0.05, 0) is 24.2 Å². The molecular formula is C13H21N3. The molecule has 0 unspecified atom stereocenters. The van der Waals surface area contributed by atoms with E-state index in [0.29, 0.717) is 5.41 Å². The first kappa shape index (κ1) is 11.4. The van der Waals surface area contributed by atoms with Gasteiger partial charge in [-0.1, -0.05) is 20.4 Å². The number of aromatic nitrogens is 2. The van der Waals surface area contributed by atoms with Crippen LogP contribution < -0.4 is 5.32 Å². The minimum absolute atomic E-state index is 0.578. The molecule has 0 saturated heterocycles. The van der Waals surface area contributed by atoms with E-state index >= 15 is 0 Å². The molecule has 1 aromatic rings. The van der Waals surface area contributed by atoms with E-state index in [1.54, 1.807) is 10.9 Å². The van der Waals surface area contributed by atoms with E-state index in [9.17, 15) is 0 Å². The van der Waals surface area contributed by atoms with Crippen LogP contribution in [0.3, 0.4) is 0 Å². The van der Waals surface area contributed by atoms with Gasteiger partial charge in [0.1, 0.15) is 0 Å². The highest BCUT2D eigenvalue weighted by molar-refractivity contribution is 5.17. The first-order valence-corrected chi connectivity index (χ1v) is 6.02. The Labute approximate surface area is 97.5 Å². The Kier molecular flexibility index (Phi) is 3.15. The van der Waals surface area contributed by atoms with Crippen LogP contribution in [0.15, 0.2) is 19.0 Å². The van der Waals surface area contributed by atoms with Crippen molar-refractivity contribution >= 4 is 6.20 Å². The predicted molar refractivity (Wildman–Crippen MR) is 66.8 cm³/mol. The van der Waals surface area contributed by atoms with Crippen molar-refractivity contribution in [2.75, 3.05) is 6.54 Å². The van der Waals surface area contributed by atoms with Crippen molar-refractivity contribution in [2.24, 2.45) is 11.3 Å². The van der Waals surface area contributed by atoms with Gasteiger partial charge < -0.3 is 5.32 Å². The Bertz CT molecular complexity index is 361. The van der Waals surface area contributed by atoms with Crippen molar-refractivity contribution < 1.29 is 0 Å². The van der Waals surface area contributed by atoms with Crippen LogP contribution in [0.5, 0.6) is 0 Å². The largest absolute Gasteiger partial charge is 0.312 e. The van der Waals surface area contributed by atoms with E-state index in [1.165, 1.54) is 18.4 Å². The van der Waals surface area contributed by atoms with E-state index < -0.39 is 0 Å². The van der Waals surface area contributed by atoms with Crippen LogP contribution >= 0.6 is 0 Å². The van der Waals surface area contributed by atoms with Crippen LogP contribution in [-0.2, 0) is 6.54 Å². The van der Waals surface area contributed by atoms with Gasteiger partial charge in [0.25, 0.3) is 0 Å². The SMILES string of the molecule is C=Cn1cc(CNCC2(C(C)C)CC2)cn1. The highest BCUT2D eigenvalue weighted by atomic mass is 15.2. The van der Waals surface area contributed by atoms with E-state index in [1.807, 2.05) is 12.4 Å². The Balaban J connectivity index is 1.78. The molecule has 3 nitrogen and oxygen atoms in total. The van der Waals surface area contributed by atoms with E-state index in [4.69, 9.17) is 0 Å². The molecule has 0 aliphatic heterocycles. The van der Waals surface area contributed by atoms with Crippen LogP contribution in [0, 0.1) is 11.3 Å². The minimum atomic E-state index is 0.578. The Morgan fingerprint density at radius 2 is 2.38 bits per heavy atom. The average molecular weight is 219 g/mol. The van der Waals surface area contributed by atoms with Crippen molar-refractivity contribution in [3.8, 4) is 0 Å². The van der Waals surface area contributed by atoms with Gasteiger partial charge in [0.05, 0.1) is 6.20 Å². The van der Waals surface area contributed by atoms with E-state index in [2.05, 4.69) is 30.8 Å². The summed E-state index contributed by atoms with van der Waals surface area (Å²) < 4.78 is 1.74. The van der Waals surface area contributed by atoms with Gasteiger partial charge in [-0.25, -0.2) is 4.68 Å². The highest BCUT2D eigenvalue weighted by Gasteiger charge is 2.44. The van der Waals surface area contributed by atoms with Gasteiger partial charge in [-0.3, -0.25) is 0 Å². The van der Waals surface area contributed by atoms with Gasteiger partial charge in [0, 0.05) is 31.0 Å². The topological polar surface area (TPSA) is 29.9 Å².